The summed E-state index contributed by atoms with van der Waals surface area (Å²) in [4.78, 5) is 12.4. The Hall–Kier alpha value is -1.31. The van der Waals surface area contributed by atoms with E-state index in [-0.39, 0.29) is 16.7 Å². The maximum Gasteiger partial charge on any atom is 0.225 e. The summed E-state index contributed by atoms with van der Waals surface area (Å²) in [5, 5.41) is 3.24. The normalized spacial score (nSPS) is 17.7. The molecular formula is C19H29NO. The fraction of sp³-hybridized carbons (Fsp3) is 0.632. The molecule has 0 radical (unpaired) electrons. The molecule has 1 aromatic rings. The van der Waals surface area contributed by atoms with Crippen LogP contribution < -0.4 is 5.32 Å². The number of nitrogens with one attached hydrogen (secondary N) is 1. The average Bonchev–Trinajstić information content (AvgIpc) is 2.95. The van der Waals surface area contributed by atoms with Gasteiger partial charge in [-0.05, 0) is 31.7 Å². The summed E-state index contributed by atoms with van der Waals surface area (Å²) in [6.45, 7) is 9.04. The highest BCUT2D eigenvalue weighted by atomic mass is 16.2. The Morgan fingerprint density at radius 1 is 1.29 bits per heavy atom. The van der Waals surface area contributed by atoms with Crippen molar-refractivity contribution in [1.82, 2.24) is 5.32 Å². The van der Waals surface area contributed by atoms with Crippen LogP contribution in [-0.4, -0.2) is 12.5 Å². The predicted molar refractivity (Wildman–Crippen MR) is 88.4 cm³/mol. The zero-order valence-electron chi connectivity index (χ0n) is 14.0. The van der Waals surface area contributed by atoms with Crippen molar-refractivity contribution < 1.29 is 4.79 Å². The van der Waals surface area contributed by atoms with Crippen LogP contribution >= 0.6 is 0 Å². The van der Waals surface area contributed by atoms with E-state index in [1.165, 1.54) is 36.8 Å². The molecule has 0 spiro atoms. The molecule has 1 fully saturated rings. The van der Waals surface area contributed by atoms with E-state index < -0.39 is 0 Å². The highest BCUT2D eigenvalue weighted by Gasteiger charge is 2.37. The summed E-state index contributed by atoms with van der Waals surface area (Å²) in [5.74, 6) is 0.184. The third-order valence-corrected chi connectivity index (χ3v) is 5.28. The van der Waals surface area contributed by atoms with Gasteiger partial charge in [0, 0.05) is 17.4 Å². The van der Waals surface area contributed by atoms with Crippen molar-refractivity contribution in [3.05, 3.63) is 35.4 Å². The van der Waals surface area contributed by atoms with Gasteiger partial charge in [-0.25, -0.2) is 0 Å². The van der Waals surface area contributed by atoms with Gasteiger partial charge in [-0.1, -0.05) is 63.4 Å². The Bertz CT molecular complexity index is 498. The molecule has 1 saturated carbocycles. The van der Waals surface area contributed by atoms with Gasteiger partial charge in [-0.2, -0.15) is 0 Å². The number of amides is 1. The lowest BCUT2D eigenvalue weighted by Gasteiger charge is -2.32. The van der Waals surface area contributed by atoms with E-state index in [0.29, 0.717) is 0 Å². The molecule has 2 heteroatoms. The molecule has 1 aliphatic rings. The number of rotatable bonds is 5. The van der Waals surface area contributed by atoms with Crippen LogP contribution in [0.25, 0.3) is 0 Å². The summed E-state index contributed by atoms with van der Waals surface area (Å²) >= 11 is 0. The molecule has 0 heterocycles. The number of hydrogen-bond donors (Lipinski definition) is 1. The molecule has 0 saturated heterocycles. The largest absolute Gasteiger partial charge is 0.355 e. The summed E-state index contributed by atoms with van der Waals surface area (Å²) in [6, 6.07) is 8.81. The van der Waals surface area contributed by atoms with E-state index in [1.807, 2.05) is 13.8 Å². The summed E-state index contributed by atoms with van der Waals surface area (Å²) in [6.07, 6.45) is 5.77. The van der Waals surface area contributed by atoms with Crippen LogP contribution in [0.5, 0.6) is 0 Å². The van der Waals surface area contributed by atoms with Crippen LogP contribution in [0.2, 0.25) is 0 Å². The number of carbonyl (C=O) groups is 1. The molecule has 2 nitrogen and oxygen atoms in total. The zero-order chi connectivity index (χ0) is 15.5. The van der Waals surface area contributed by atoms with E-state index in [2.05, 4.69) is 43.4 Å². The van der Waals surface area contributed by atoms with Gasteiger partial charge in [0.05, 0.1) is 0 Å². The Balaban J connectivity index is 2.15. The molecule has 2 rings (SSSR count). The quantitative estimate of drug-likeness (QED) is 0.856. The molecule has 21 heavy (non-hydrogen) atoms. The molecule has 0 bridgehead atoms. The highest BCUT2D eigenvalue weighted by Crippen LogP contribution is 2.41. The fourth-order valence-electron chi connectivity index (χ4n) is 3.24. The summed E-state index contributed by atoms with van der Waals surface area (Å²) in [7, 11) is 0. The van der Waals surface area contributed by atoms with Crippen molar-refractivity contribution in [2.45, 2.75) is 65.2 Å². The van der Waals surface area contributed by atoms with E-state index in [4.69, 9.17) is 0 Å². The van der Waals surface area contributed by atoms with Gasteiger partial charge in [-0.3, -0.25) is 4.79 Å². The lowest BCUT2D eigenvalue weighted by Crippen LogP contribution is -2.44. The third kappa shape index (κ3) is 3.48. The second-order valence-corrected chi connectivity index (χ2v) is 7.28. The first kappa shape index (κ1) is 16.1. The van der Waals surface area contributed by atoms with E-state index in [0.717, 1.165) is 13.0 Å². The molecule has 1 N–H and O–H groups in total. The molecular weight excluding hydrogens is 258 g/mol. The highest BCUT2D eigenvalue weighted by molar-refractivity contribution is 5.81. The molecule has 1 aliphatic carbocycles. The first-order chi connectivity index (χ1) is 9.89. The lowest BCUT2D eigenvalue weighted by molar-refractivity contribution is -0.129. The predicted octanol–water partition coefficient (Wildman–Crippen LogP) is 4.36. The van der Waals surface area contributed by atoms with Gasteiger partial charge >= 0.3 is 0 Å². The minimum Gasteiger partial charge on any atom is -0.355 e. The first-order valence-corrected chi connectivity index (χ1v) is 8.25. The summed E-state index contributed by atoms with van der Waals surface area (Å²) in [5.41, 5.74) is 2.58. The smallest absolute Gasteiger partial charge is 0.225 e. The van der Waals surface area contributed by atoms with Crippen molar-refractivity contribution in [2.75, 3.05) is 6.54 Å². The van der Waals surface area contributed by atoms with Crippen LogP contribution in [0, 0.1) is 12.3 Å². The maximum absolute atomic E-state index is 12.4. The number of carbonyl (C=O) groups excluding carboxylic acids is 1. The van der Waals surface area contributed by atoms with Gasteiger partial charge in [0.25, 0.3) is 0 Å². The van der Waals surface area contributed by atoms with Crippen molar-refractivity contribution in [2.24, 2.45) is 5.41 Å². The van der Waals surface area contributed by atoms with Crippen LogP contribution in [0.4, 0.5) is 0 Å². The molecule has 1 aromatic carbocycles. The maximum atomic E-state index is 12.4. The number of benzene rings is 1. The van der Waals surface area contributed by atoms with Crippen molar-refractivity contribution in [1.29, 1.82) is 0 Å². The van der Waals surface area contributed by atoms with Crippen LogP contribution in [0.1, 0.15) is 64.0 Å². The third-order valence-electron chi connectivity index (χ3n) is 5.28. The van der Waals surface area contributed by atoms with E-state index >= 15 is 0 Å². The van der Waals surface area contributed by atoms with Gasteiger partial charge < -0.3 is 5.32 Å². The molecule has 116 valence electrons. The fourth-order valence-corrected chi connectivity index (χ4v) is 3.24. The SMILES string of the molecule is CCC(C)(C)C(=O)NCC1(c2cccc(C)c2)CCCC1. The number of hydrogen-bond acceptors (Lipinski definition) is 1. The topological polar surface area (TPSA) is 29.1 Å². The molecule has 1 amide bonds. The Morgan fingerprint density at radius 3 is 2.52 bits per heavy atom. The standard InChI is InChI=1S/C19H29NO/c1-5-18(3,4)17(21)20-14-19(11-6-7-12-19)16-10-8-9-15(2)13-16/h8-10,13H,5-7,11-12,14H2,1-4H3,(H,20,21). The Kier molecular flexibility index (Phi) is 4.75. The molecule has 0 atom stereocenters. The van der Waals surface area contributed by atoms with Crippen molar-refractivity contribution in [3.63, 3.8) is 0 Å². The van der Waals surface area contributed by atoms with Crippen molar-refractivity contribution >= 4 is 5.91 Å². The zero-order valence-corrected chi connectivity index (χ0v) is 14.0. The van der Waals surface area contributed by atoms with Crippen LogP contribution in [-0.2, 0) is 10.2 Å². The molecule has 0 aromatic heterocycles. The minimum atomic E-state index is -0.271. The monoisotopic (exact) mass is 287 g/mol. The van der Waals surface area contributed by atoms with Crippen LogP contribution in [0.3, 0.4) is 0 Å². The van der Waals surface area contributed by atoms with Crippen LogP contribution in [0.15, 0.2) is 24.3 Å². The van der Waals surface area contributed by atoms with Gasteiger partial charge in [0.1, 0.15) is 0 Å². The lowest BCUT2D eigenvalue weighted by atomic mass is 9.78. The number of aryl methyl sites for hydroxylation is 1. The second kappa shape index (κ2) is 6.21. The average molecular weight is 287 g/mol. The Labute approximate surface area is 129 Å². The van der Waals surface area contributed by atoms with E-state index in [9.17, 15) is 4.79 Å². The minimum absolute atomic E-state index is 0.144. The van der Waals surface area contributed by atoms with Gasteiger partial charge in [0.15, 0.2) is 0 Å². The Morgan fingerprint density at radius 2 is 1.95 bits per heavy atom. The summed E-state index contributed by atoms with van der Waals surface area (Å²) < 4.78 is 0. The van der Waals surface area contributed by atoms with Gasteiger partial charge in [0.2, 0.25) is 5.91 Å². The molecule has 0 aliphatic heterocycles. The second-order valence-electron chi connectivity index (χ2n) is 7.28. The first-order valence-electron chi connectivity index (χ1n) is 8.25. The van der Waals surface area contributed by atoms with E-state index in [1.54, 1.807) is 0 Å². The van der Waals surface area contributed by atoms with Gasteiger partial charge in [-0.15, -0.1) is 0 Å². The molecule has 0 unspecified atom stereocenters. The van der Waals surface area contributed by atoms with Crippen molar-refractivity contribution in [3.8, 4) is 0 Å².